The molecule has 0 bridgehead atoms. The van der Waals surface area contributed by atoms with Crippen LogP contribution in [0.2, 0.25) is 0 Å². The number of nitrogens with one attached hydrogen (secondary N) is 1. The largest absolute Gasteiger partial charge is 0.443 e. The standard InChI is InChI=1S/C24H36N2O4/c1-7-8-9-10-11-25-23(28)30-21-16(3)24(4)14-18-15(2)22(27)26(5)19(18)12-17(24)13-20(21)29-6/h12-13,16,20-21H,7-11,14H2,1-6H3,(H,25,28)/t16-,20+,21+,24+/m0/s1. The Morgan fingerprint density at radius 1 is 1.33 bits per heavy atom. The molecule has 0 aromatic rings. The van der Waals surface area contributed by atoms with Crippen LogP contribution in [0.15, 0.2) is 34.6 Å². The van der Waals surface area contributed by atoms with E-state index in [9.17, 15) is 9.59 Å². The van der Waals surface area contributed by atoms with E-state index in [4.69, 9.17) is 9.47 Å². The van der Waals surface area contributed by atoms with E-state index in [0.717, 1.165) is 41.7 Å². The van der Waals surface area contributed by atoms with Gasteiger partial charge in [0, 0.05) is 43.3 Å². The Labute approximate surface area is 180 Å². The van der Waals surface area contributed by atoms with Gasteiger partial charge >= 0.3 is 6.09 Å². The van der Waals surface area contributed by atoms with Crippen molar-refractivity contribution in [2.75, 3.05) is 20.7 Å². The van der Waals surface area contributed by atoms with Crippen LogP contribution in [-0.2, 0) is 14.3 Å². The number of fused-ring (bicyclic) bond motifs is 2. The number of allylic oxidation sites excluding steroid dienone is 3. The van der Waals surface area contributed by atoms with Crippen LogP contribution < -0.4 is 5.32 Å². The minimum absolute atomic E-state index is 0.0346. The second kappa shape index (κ2) is 8.96. The molecule has 0 aromatic carbocycles. The summed E-state index contributed by atoms with van der Waals surface area (Å²) in [4.78, 5) is 26.6. The summed E-state index contributed by atoms with van der Waals surface area (Å²) < 4.78 is 11.6. The monoisotopic (exact) mass is 416 g/mol. The van der Waals surface area contributed by atoms with Gasteiger partial charge in [-0.05, 0) is 43.1 Å². The molecule has 0 spiro atoms. The molecular weight excluding hydrogens is 380 g/mol. The average molecular weight is 417 g/mol. The highest BCUT2D eigenvalue weighted by molar-refractivity contribution is 6.00. The number of amides is 2. The Balaban J connectivity index is 1.79. The topological polar surface area (TPSA) is 67.9 Å². The van der Waals surface area contributed by atoms with Gasteiger partial charge in [-0.3, -0.25) is 4.79 Å². The Bertz CT molecular complexity index is 797. The van der Waals surface area contributed by atoms with E-state index in [1.807, 2.05) is 14.0 Å². The molecule has 1 heterocycles. The fourth-order valence-electron chi connectivity index (χ4n) is 4.93. The molecule has 0 fully saturated rings. The lowest BCUT2D eigenvalue weighted by molar-refractivity contribution is -0.123. The third kappa shape index (κ3) is 3.94. The van der Waals surface area contributed by atoms with Crippen LogP contribution in [0, 0.1) is 11.3 Å². The summed E-state index contributed by atoms with van der Waals surface area (Å²) in [7, 11) is 3.47. The van der Waals surface area contributed by atoms with Crippen LogP contribution in [0.4, 0.5) is 4.79 Å². The predicted molar refractivity (Wildman–Crippen MR) is 117 cm³/mol. The maximum atomic E-state index is 12.5. The molecule has 2 aliphatic carbocycles. The average Bonchev–Trinajstić information content (AvgIpc) is 2.92. The number of alkyl carbamates (subject to hydrolysis) is 1. The highest BCUT2D eigenvalue weighted by Crippen LogP contribution is 2.54. The van der Waals surface area contributed by atoms with Crippen molar-refractivity contribution in [2.24, 2.45) is 11.3 Å². The lowest BCUT2D eigenvalue weighted by Crippen LogP contribution is -2.50. The molecule has 166 valence electrons. The van der Waals surface area contributed by atoms with Crippen molar-refractivity contribution in [3.05, 3.63) is 34.6 Å². The van der Waals surface area contributed by atoms with Gasteiger partial charge in [-0.2, -0.15) is 0 Å². The van der Waals surface area contributed by atoms with Crippen LogP contribution in [0.25, 0.3) is 0 Å². The molecule has 0 radical (unpaired) electrons. The van der Waals surface area contributed by atoms with E-state index >= 15 is 0 Å². The quantitative estimate of drug-likeness (QED) is 0.627. The van der Waals surface area contributed by atoms with Crippen LogP contribution in [0.5, 0.6) is 0 Å². The van der Waals surface area contributed by atoms with Gasteiger partial charge in [0.05, 0.1) is 0 Å². The number of likely N-dealkylation sites (N-methyl/N-ethyl adjacent to an activating group) is 1. The Morgan fingerprint density at radius 2 is 2.07 bits per heavy atom. The summed E-state index contributed by atoms with van der Waals surface area (Å²) in [5.74, 6) is 0.0951. The number of ether oxygens (including phenoxy) is 2. The smallest absolute Gasteiger partial charge is 0.407 e. The van der Waals surface area contributed by atoms with Crippen LogP contribution in [0.1, 0.15) is 59.8 Å². The highest BCUT2D eigenvalue weighted by atomic mass is 16.6. The van der Waals surface area contributed by atoms with E-state index in [-0.39, 0.29) is 35.5 Å². The molecule has 0 saturated heterocycles. The van der Waals surface area contributed by atoms with Crippen molar-refractivity contribution in [1.82, 2.24) is 10.2 Å². The maximum absolute atomic E-state index is 12.5. The number of hydrogen-bond donors (Lipinski definition) is 1. The molecule has 3 rings (SSSR count). The van der Waals surface area contributed by atoms with Gasteiger partial charge in [0.2, 0.25) is 0 Å². The van der Waals surface area contributed by atoms with Gasteiger partial charge in [0.15, 0.2) is 0 Å². The zero-order chi connectivity index (χ0) is 22.1. The number of carbonyl (C=O) groups excluding carboxylic acids is 2. The third-order valence-electron chi connectivity index (χ3n) is 7.22. The molecule has 1 N–H and O–H groups in total. The third-order valence-corrected chi connectivity index (χ3v) is 7.22. The molecule has 4 atom stereocenters. The van der Waals surface area contributed by atoms with Crippen molar-refractivity contribution in [1.29, 1.82) is 0 Å². The molecule has 1 aliphatic heterocycles. The van der Waals surface area contributed by atoms with E-state index in [1.54, 1.807) is 12.0 Å². The van der Waals surface area contributed by atoms with Gasteiger partial charge in [-0.25, -0.2) is 4.79 Å². The Morgan fingerprint density at radius 3 is 2.73 bits per heavy atom. The number of nitrogens with zero attached hydrogens (tertiary/aromatic N) is 1. The maximum Gasteiger partial charge on any atom is 0.407 e. The van der Waals surface area contributed by atoms with Gasteiger partial charge in [0.25, 0.3) is 5.91 Å². The second-order valence-electron chi connectivity index (χ2n) is 9.06. The molecule has 30 heavy (non-hydrogen) atoms. The zero-order valence-corrected chi connectivity index (χ0v) is 19.2. The van der Waals surface area contributed by atoms with E-state index < -0.39 is 0 Å². The SMILES string of the molecule is CCCCCCNC(=O)O[C@H]1[C@H](OC)C=C2C=C3C(=C(C)C(=O)N3C)C[C@]2(C)[C@H]1C. The highest BCUT2D eigenvalue weighted by Gasteiger charge is 2.51. The first-order chi connectivity index (χ1) is 14.2. The van der Waals surface area contributed by atoms with Gasteiger partial charge in [0.1, 0.15) is 12.2 Å². The Kier molecular flexibility index (Phi) is 6.75. The van der Waals surface area contributed by atoms with Crippen molar-refractivity contribution in [3.63, 3.8) is 0 Å². The number of unbranched alkanes of at least 4 members (excludes halogenated alkanes) is 3. The fourth-order valence-corrected chi connectivity index (χ4v) is 4.93. The predicted octanol–water partition coefficient (Wildman–Crippen LogP) is 4.34. The minimum Gasteiger partial charge on any atom is -0.443 e. The second-order valence-corrected chi connectivity index (χ2v) is 9.06. The first-order valence-corrected chi connectivity index (χ1v) is 11.1. The first kappa shape index (κ1) is 22.6. The van der Waals surface area contributed by atoms with E-state index in [2.05, 4.69) is 38.2 Å². The molecule has 6 heteroatoms. The van der Waals surface area contributed by atoms with Crippen LogP contribution >= 0.6 is 0 Å². The van der Waals surface area contributed by atoms with Crippen molar-refractivity contribution < 1.29 is 19.1 Å². The van der Waals surface area contributed by atoms with Crippen molar-refractivity contribution in [2.45, 2.75) is 72.0 Å². The number of rotatable bonds is 7. The van der Waals surface area contributed by atoms with Crippen molar-refractivity contribution in [3.8, 4) is 0 Å². The summed E-state index contributed by atoms with van der Waals surface area (Å²) in [6, 6.07) is 0. The molecule has 0 saturated carbocycles. The zero-order valence-electron chi connectivity index (χ0n) is 19.2. The molecule has 2 amide bonds. The molecule has 3 aliphatic rings. The van der Waals surface area contributed by atoms with Crippen molar-refractivity contribution >= 4 is 12.0 Å². The lowest BCUT2D eigenvalue weighted by Gasteiger charge is -2.48. The number of methoxy groups -OCH3 is 1. The van der Waals surface area contributed by atoms with Crippen LogP contribution in [0.3, 0.4) is 0 Å². The van der Waals surface area contributed by atoms with E-state index in [0.29, 0.717) is 6.54 Å². The van der Waals surface area contributed by atoms with Gasteiger partial charge in [-0.15, -0.1) is 0 Å². The molecule has 6 nitrogen and oxygen atoms in total. The fraction of sp³-hybridized carbons (Fsp3) is 0.667. The minimum atomic E-state index is -0.385. The number of carbonyl (C=O) groups is 2. The lowest BCUT2D eigenvalue weighted by atomic mass is 9.59. The summed E-state index contributed by atoms with van der Waals surface area (Å²) >= 11 is 0. The summed E-state index contributed by atoms with van der Waals surface area (Å²) in [5, 5.41) is 2.88. The molecule has 0 unspecified atom stereocenters. The van der Waals surface area contributed by atoms with Crippen LogP contribution in [-0.4, -0.2) is 49.8 Å². The van der Waals surface area contributed by atoms with Gasteiger partial charge in [-0.1, -0.05) is 40.0 Å². The van der Waals surface area contributed by atoms with Gasteiger partial charge < -0.3 is 19.7 Å². The Hall–Kier alpha value is -2.08. The molecular formula is C24H36N2O4. The summed E-state index contributed by atoms with van der Waals surface area (Å²) in [6.07, 6.45) is 8.25. The van der Waals surface area contributed by atoms with E-state index in [1.165, 1.54) is 12.8 Å². The normalized spacial score (nSPS) is 30.5. The summed E-state index contributed by atoms with van der Waals surface area (Å²) in [6.45, 7) is 9.01. The number of hydrogen-bond acceptors (Lipinski definition) is 4. The molecule has 0 aromatic heterocycles. The summed E-state index contributed by atoms with van der Waals surface area (Å²) in [5.41, 5.74) is 3.81. The first-order valence-electron chi connectivity index (χ1n) is 11.1.